The van der Waals surface area contributed by atoms with Gasteiger partial charge in [-0.1, -0.05) is 6.42 Å². The van der Waals surface area contributed by atoms with E-state index in [2.05, 4.69) is 20.5 Å². The number of carbonyl (C=O) groups excluding carboxylic acids is 2. The molecule has 2 heterocycles. The number of amides is 2. The van der Waals surface area contributed by atoms with Gasteiger partial charge in [0.2, 0.25) is 5.91 Å². The van der Waals surface area contributed by atoms with Crippen molar-refractivity contribution >= 4 is 11.8 Å². The van der Waals surface area contributed by atoms with Crippen LogP contribution in [0.5, 0.6) is 0 Å². The third-order valence-electron chi connectivity index (χ3n) is 3.63. The van der Waals surface area contributed by atoms with Crippen LogP contribution in [0.15, 0.2) is 18.3 Å². The van der Waals surface area contributed by atoms with Crippen LogP contribution in [-0.4, -0.2) is 54.4 Å². The van der Waals surface area contributed by atoms with Gasteiger partial charge in [-0.05, 0) is 38.6 Å². The zero-order valence-corrected chi connectivity index (χ0v) is 11.8. The van der Waals surface area contributed by atoms with E-state index in [4.69, 9.17) is 0 Å². The maximum absolute atomic E-state index is 12.0. The van der Waals surface area contributed by atoms with Crippen LogP contribution in [0.2, 0.25) is 0 Å². The van der Waals surface area contributed by atoms with Gasteiger partial charge in [0.25, 0.3) is 5.91 Å². The molecular formula is C14H22N4O2. The molecule has 1 aliphatic rings. The summed E-state index contributed by atoms with van der Waals surface area (Å²) < 4.78 is 0. The predicted octanol–water partition coefficient (Wildman–Crippen LogP) is 0.345. The van der Waals surface area contributed by atoms with Gasteiger partial charge < -0.3 is 10.3 Å². The summed E-state index contributed by atoms with van der Waals surface area (Å²) in [7, 11) is 1.92. The van der Waals surface area contributed by atoms with Crippen LogP contribution in [0, 0.1) is 0 Å². The van der Waals surface area contributed by atoms with Crippen molar-refractivity contribution in [3.05, 3.63) is 24.0 Å². The fraction of sp³-hybridized carbons (Fsp3) is 0.571. The summed E-state index contributed by atoms with van der Waals surface area (Å²) in [6, 6.07) is 3.75. The fourth-order valence-electron chi connectivity index (χ4n) is 2.62. The molecule has 0 aliphatic carbocycles. The quantitative estimate of drug-likeness (QED) is 0.726. The van der Waals surface area contributed by atoms with Gasteiger partial charge in [-0.25, -0.2) is 0 Å². The lowest BCUT2D eigenvalue weighted by Gasteiger charge is -2.34. The van der Waals surface area contributed by atoms with Gasteiger partial charge in [0.1, 0.15) is 5.69 Å². The number of aromatic amines is 1. The Bertz CT molecular complexity index is 442. The number of hydrogen-bond donors (Lipinski definition) is 3. The number of piperidine rings is 1. The number of likely N-dealkylation sites (tertiary alicyclic amines) is 1. The number of hydrogen-bond acceptors (Lipinski definition) is 4. The van der Waals surface area contributed by atoms with E-state index in [9.17, 15) is 9.59 Å². The predicted molar refractivity (Wildman–Crippen MR) is 76.4 cm³/mol. The van der Waals surface area contributed by atoms with Crippen LogP contribution in [-0.2, 0) is 4.79 Å². The molecule has 0 saturated carbocycles. The van der Waals surface area contributed by atoms with Crippen molar-refractivity contribution in [2.24, 2.45) is 0 Å². The molecule has 0 radical (unpaired) electrons. The normalized spacial score (nSPS) is 19.8. The van der Waals surface area contributed by atoms with Crippen molar-refractivity contribution in [2.75, 3.05) is 26.7 Å². The highest BCUT2D eigenvalue weighted by Gasteiger charge is 2.24. The molecule has 0 spiro atoms. The zero-order chi connectivity index (χ0) is 14.4. The Hall–Kier alpha value is -1.66. The maximum atomic E-state index is 12.0. The van der Waals surface area contributed by atoms with E-state index in [1.54, 1.807) is 18.3 Å². The summed E-state index contributed by atoms with van der Waals surface area (Å²) in [5.74, 6) is -0.616. The number of nitrogens with zero attached hydrogens (tertiary/aromatic N) is 1. The lowest BCUT2D eigenvalue weighted by atomic mass is 10.0. The third-order valence-corrected chi connectivity index (χ3v) is 3.63. The van der Waals surface area contributed by atoms with Crippen molar-refractivity contribution in [1.29, 1.82) is 0 Å². The zero-order valence-electron chi connectivity index (χ0n) is 11.8. The van der Waals surface area contributed by atoms with Crippen LogP contribution in [0.1, 0.15) is 29.8 Å². The third kappa shape index (κ3) is 3.91. The Morgan fingerprint density at radius 3 is 3.00 bits per heavy atom. The lowest BCUT2D eigenvalue weighted by molar-refractivity contribution is -0.122. The van der Waals surface area contributed by atoms with Gasteiger partial charge in [0.15, 0.2) is 0 Å². The first-order chi connectivity index (χ1) is 9.70. The summed E-state index contributed by atoms with van der Waals surface area (Å²) in [5, 5.41) is 5.58. The second-order valence-electron chi connectivity index (χ2n) is 5.14. The number of rotatable bonds is 5. The average molecular weight is 278 g/mol. The van der Waals surface area contributed by atoms with Gasteiger partial charge in [0, 0.05) is 18.8 Å². The minimum Gasteiger partial charge on any atom is -0.357 e. The first-order valence-corrected chi connectivity index (χ1v) is 7.07. The van der Waals surface area contributed by atoms with Crippen LogP contribution in [0.4, 0.5) is 0 Å². The molecule has 3 N–H and O–H groups in total. The first-order valence-electron chi connectivity index (χ1n) is 7.07. The topological polar surface area (TPSA) is 77.2 Å². The smallest absolute Gasteiger partial charge is 0.274 e. The number of nitrogens with one attached hydrogen (secondary N) is 3. The highest BCUT2D eigenvalue weighted by Crippen LogP contribution is 2.15. The minimum atomic E-state index is -0.373. The Labute approximate surface area is 118 Å². The molecule has 1 unspecified atom stereocenters. The Balaban J connectivity index is 1.85. The second-order valence-corrected chi connectivity index (χ2v) is 5.14. The molecule has 2 amide bonds. The summed E-state index contributed by atoms with van der Waals surface area (Å²) in [5.41, 5.74) is 0.406. The number of imide groups is 1. The van der Waals surface area contributed by atoms with Crippen molar-refractivity contribution in [3.8, 4) is 0 Å². The maximum Gasteiger partial charge on any atom is 0.274 e. The first kappa shape index (κ1) is 14.7. The van der Waals surface area contributed by atoms with E-state index in [-0.39, 0.29) is 18.4 Å². The molecule has 20 heavy (non-hydrogen) atoms. The fourth-order valence-corrected chi connectivity index (χ4v) is 2.62. The highest BCUT2D eigenvalue weighted by atomic mass is 16.2. The summed E-state index contributed by atoms with van der Waals surface area (Å²) in [6.07, 6.45) is 5.07. The van der Waals surface area contributed by atoms with E-state index < -0.39 is 0 Å². The highest BCUT2D eigenvalue weighted by molar-refractivity contribution is 6.04. The minimum absolute atomic E-state index is 0.243. The molecule has 1 aromatic rings. The summed E-state index contributed by atoms with van der Waals surface area (Å²) >= 11 is 0. The molecule has 6 nitrogen and oxygen atoms in total. The van der Waals surface area contributed by atoms with Gasteiger partial charge in [-0.2, -0.15) is 0 Å². The monoisotopic (exact) mass is 278 g/mol. The van der Waals surface area contributed by atoms with Gasteiger partial charge in [-0.15, -0.1) is 0 Å². The molecule has 1 fully saturated rings. The van der Waals surface area contributed by atoms with E-state index >= 15 is 0 Å². The molecule has 2 rings (SSSR count). The molecule has 6 heteroatoms. The largest absolute Gasteiger partial charge is 0.357 e. The Morgan fingerprint density at radius 2 is 2.30 bits per heavy atom. The number of likely N-dealkylation sites (N-methyl/N-ethyl adjacent to an activating group) is 1. The van der Waals surface area contributed by atoms with Gasteiger partial charge >= 0.3 is 0 Å². The molecule has 1 aromatic heterocycles. The van der Waals surface area contributed by atoms with E-state index in [0.717, 1.165) is 25.9 Å². The molecule has 0 aromatic carbocycles. The summed E-state index contributed by atoms with van der Waals surface area (Å²) in [6.45, 7) is 2.06. The van der Waals surface area contributed by atoms with Crippen LogP contribution in [0.25, 0.3) is 0 Å². The number of H-pyrrole nitrogens is 1. The summed E-state index contributed by atoms with van der Waals surface area (Å²) in [4.78, 5) is 28.7. The molecule has 0 bridgehead atoms. The standard InChI is InChI=1S/C14H22N4O2/c1-15-9-11-5-2-3-8-18(11)10-13(19)17-14(20)12-6-4-7-16-12/h4,6-7,11,15-16H,2-3,5,8-10H2,1H3,(H,17,19,20). The van der Waals surface area contributed by atoms with Crippen molar-refractivity contribution < 1.29 is 9.59 Å². The Kier molecular flexibility index (Phi) is 5.31. The number of carbonyl (C=O) groups is 2. The van der Waals surface area contributed by atoms with Crippen LogP contribution >= 0.6 is 0 Å². The van der Waals surface area contributed by atoms with E-state index in [1.807, 2.05) is 7.05 Å². The van der Waals surface area contributed by atoms with Crippen LogP contribution in [0.3, 0.4) is 0 Å². The molecule has 1 saturated heterocycles. The molecule has 110 valence electrons. The van der Waals surface area contributed by atoms with Gasteiger partial charge in [0.05, 0.1) is 6.54 Å². The average Bonchev–Trinajstić information content (AvgIpc) is 2.95. The molecule has 1 aliphatic heterocycles. The van der Waals surface area contributed by atoms with E-state index in [1.165, 1.54) is 6.42 Å². The van der Waals surface area contributed by atoms with Crippen LogP contribution < -0.4 is 10.6 Å². The van der Waals surface area contributed by atoms with Crippen molar-refractivity contribution in [1.82, 2.24) is 20.5 Å². The second kappa shape index (κ2) is 7.21. The number of aromatic nitrogens is 1. The lowest BCUT2D eigenvalue weighted by Crippen LogP contribution is -2.49. The van der Waals surface area contributed by atoms with Gasteiger partial charge in [-0.3, -0.25) is 19.8 Å². The molecule has 1 atom stereocenters. The van der Waals surface area contributed by atoms with Crippen molar-refractivity contribution in [2.45, 2.75) is 25.3 Å². The van der Waals surface area contributed by atoms with Crippen molar-refractivity contribution in [3.63, 3.8) is 0 Å². The Morgan fingerprint density at radius 1 is 1.45 bits per heavy atom. The molecular weight excluding hydrogens is 256 g/mol. The SMILES string of the molecule is CNCC1CCCCN1CC(=O)NC(=O)c1ccc[nH]1. The van der Waals surface area contributed by atoms with E-state index in [0.29, 0.717) is 11.7 Å².